The minimum absolute atomic E-state index is 0.0456. The molecule has 72 valence electrons. The number of hydrogen-bond acceptors (Lipinski definition) is 2. The van der Waals surface area contributed by atoms with E-state index in [9.17, 15) is 13.2 Å². The summed E-state index contributed by atoms with van der Waals surface area (Å²) in [5.41, 5.74) is 5.06. The molecular formula is C6H7F3N4. The maximum absolute atomic E-state index is 11.8. The molecule has 0 saturated heterocycles. The second kappa shape index (κ2) is 3.08. The van der Waals surface area contributed by atoms with Crippen molar-refractivity contribution in [2.45, 2.75) is 12.7 Å². The number of imidazole rings is 1. The third-order valence-electron chi connectivity index (χ3n) is 1.27. The first-order chi connectivity index (χ1) is 5.88. The van der Waals surface area contributed by atoms with Crippen LogP contribution in [0.15, 0.2) is 12.5 Å². The molecule has 0 unspecified atom stereocenters. The van der Waals surface area contributed by atoms with Crippen LogP contribution in [0.3, 0.4) is 0 Å². The van der Waals surface area contributed by atoms with Crippen LogP contribution in [-0.4, -0.2) is 21.6 Å². The number of rotatable bonds is 2. The molecule has 7 heteroatoms. The summed E-state index contributed by atoms with van der Waals surface area (Å²) < 4.78 is 36.3. The zero-order valence-corrected chi connectivity index (χ0v) is 6.47. The van der Waals surface area contributed by atoms with Gasteiger partial charge in [-0.25, -0.2) is 4.98 Å². The zero-order valence-electron chi connectivity index (χ0n) is 6.47. The minimum Gasteiger partial charge on any atom is -0.382 e. The summed E-state index contributed by atoms with van der Waals surface area (Å²) in [6.45, 7) is -1.12. The van der Waals surface area contributed by atoms with E-state index in [-0.39, 0.29) is 11.5 Å². The molecule has 0 aromatic carbocycles. The molecule has 0 aliphatic carbocycles. The Morgan fingerprint density at radius 1 is 1.62 bits per heavy atom. The van der Waals surface area contributed by atoms with E-state index in [2.05, 4.69) is 4.98 Å². The van der Waals surface area contributed by atoms with Crippen molar-refractivity contribution in [3.8, 4) is 0 Å². The van der Waals surface area contributed by atoms with Crippen molar-refractivity contribution in [1.82, 2.24) is 9.55 Å². The fourth-order valence-corrected chi connectivity index (χ4v) is 0.793. The molecule has 0 radical (unpaired) electrons. The molecule has 0 fully saturated rings. The van der Waals surface area contributed by atoms with Crippen molar-refractivity contribution in [2.24, 2.45) is 5.73 Å². The van der Waals surface area contributed by atoms with Crippen LogP contribution in [0.1, 0.15) is 5.69 Å². The smallest absolute Gasteiger partial charge is 0.382 e. The fraction of sp³-hybridized carbons (Fsp3) is 0.333. The van der Waals surface area contributed by atoms with Gasteiger partial charge in [-0.2, -0.15) is 13.2 Å². The lowest BCUT2D eigenvalue weighted by Crippen LogP contribution is -2.16. The summed E-state index contributed by atoms with van der Waals surface area (Å²) in [6, 6.07) is 0. The van der Waals surface area contributed by atoms with Crippen LogP contribution in [0.25, 0.3) is 0 Å². The fourth-order valence-electron chi connectivity index (χ4n) is 0.793. The number of amidine groups is 1. The van der Waals surface area contributed by atoms with Gasteiger partial charge in [-0.3, -0.25) is 5.41 Å². The van der Waals surface area contributed by atoms with E-state index in [0.29, 0.717) is 0 Å². The predicted molar refractivity (Wildman–Crippen MR) is 39.3 cm³/mol. The molecule has 13 heavy (non-hydrogen) atoms. The van der Waals surface area contributed by atoms with Crippen molar-refractivity contribution in [3.05, 3.63) is 18.2 Å². The van der Waals surface area contributed by atoms with E-state index in [1.54, 1.807) is 0 Å². The van der Waals surface area contributed by atoms with Crippen LogP contribution in [0.4, 0.5) is 13.2 Å². The Kier molecular flexibility index (Phi) is 2.26. The lowest BCUT2D eigenvalue weighted by Gasteiger charge is -2.05. The summed E-state index contributed by atoms with van der Waals surface area (Å²) in [4.78, 5) is 3.51. The summed E-state index contributed by atoms with van der Waals surface area (Å²) >= 11 is 0. The second-order valence-corrected chi connectivity index (χ2v) is 2.46. The van der Waals surface area contributed by atoms with E-state index in [0.717, 1.165) is 17.1 Å². The summed E-state index contributed by atoms with van der Waals surface area (Å²) in [7, 11) is 0. The van der Waals surface area contributed by atoms with Gasteiger partial charge in [0.05, 0.1) is 6.33 Å². The molecule has 1 heterocycles. The first-order valence-corrected chi connectivity index (χ1v) is 3.31. The van der Waals surface area contributed by atoms with Crippen molar-refractivity contribution in [1.29, 1.82) is 5.41 Å². The molecule has 0 bridgehead atoms. The molecular weight excluding hydrogens is 185 g/mol. The molecule has 0 spiro atoms. The lowest BCUT2D eigenvalue weighted by molar-refractivity contribution is -0.140. The number of hydrogen-bond donors (Lipinski definition) is 2. The molecule has 0 aliphatic rings. The van der Waals surface area contributed by atoms with Gasteiger partial charge in [0.25, 0.3) is 0 Å². The highest BCUT2D eigenvalue weighted by atomic mass is 19.4. The van der Waals surface area contributed by atoms with Crippen LogP contribution < -0.4 is 5.73 Å². The maximum atomic E-state index is 11.8. The number of nitrogens with two attached hydrogens (primary N) is 1. The van der Waals surface area contributed by atoms with Crippen molar-refractivity contribution >= 4 is 5.84 Å². The Hall–Kier alpha value is -1.53. The first kappa shape index (κ1) is 9.56. The van der Waals surface area contributed by atoms with Crippen LogP contribution in [0, 0.1) is 5.41 Å². The second-order valence-electron chi connectivity index (χ2n) is 2.46. The van der Waals surface area contributed by atoms with Crippen LogP contribution in [0.5, 0.6) is 0 Å². The Balaban J connectivity index is 2.75. The number of alkyl halides is 3. The first-order valence-electron chi connectivity index (χ1n) is 3.31. The van der Waals surface area contributed by atoms with Gasteiger partial charge < -0.3 is 10.3 Å². The SMILES string of the molecule is N=C(N)c1cn(CC(F)(F)F)cn1. The van der Waals surface area contributed by atoms with Gasteiger partial charge in [0, 0.05) is 6.20 Å². The minimum atomic E-state index is -4.28. The number of nitrogens with one attached hydrogen (secondary N) is 1. The van der Waals surface area contributed by atoms with Gasteiger partial charge >= 0.3 is 6.18 Å². The van der Waals surface area contributed by atoms with Gasteiger partial charge in [-0.05, 0) is 0 Å². The standard InChI is InChI=1S/C6H7F3N4/c7-6(8,9)2-13-1-4(5(10)11)12-3-13/h1,3H,2H2,(H3,10,11). The van der Waals surface area contributed by atoms with Crippen molar-refractivity contribution in [3.63, 3.8) is 0 Å². The molecule has 3 N–H and O–H groups in total. The highest BCUT2D eigenvalue weighted by Crippen LogP contribution is 2.17. The number of halogens is 3. The van der Waals surface area contributed by atoms with E-state index in [4.69, 9.17) is 11.1 Å². The molecule has 0 saturated carbocycles. The lowest BCUT2D eigenvalue weighted by atomic mass is 10.4. The van der Waals surface area contributed by atoms with Gasteiger partial charge in [0.15, 0.2) is 0 Å². The Morgan fingerprint density at radius 2 is 2.23 bits per heavy atom. The van der Waals surface area contributed by atoms with Crippen LogP contribution in [-0.2, 0) is 6.54 Å². The summed E-state index contributed by atoms with van der Waals surface area (Å²) in [5.74, 6) is -0.346. The number of nitrogen functional groups attached to an aromatic ring is 1. The summed E-state index contributed by atoms with van der Waals surface area (Å²) in [6.07, 6.45) is -2.21. The van der Waals surface area contributed by atoms with E-state index in [1.807, 2.05) is 0 Å². The van der Waals surface area contributed by atoms with E-state index < -0.39 is 12.7 Å². The van der Waals surface area contributed by atoms with Crippen LogP contribution in [0.2, 0.25) is 0 Å². The largest absolute Gasteiger partial charge is 0.406 e. The monoisotopic (exact) mass is 192 g/mol. The summed E-state index contributed by atoms with van der Waals surface area (Å²) in [5, 5.41) is 6.90. The topological polar surface area (TPSA) is 67.7 Å². The van der Waals surface area contributed by atoms with Gasteiger partial charge in [0.1, 0.15) is 18.1 Å². The average molecular weight is 192 g/mol. The highest BCUT2D eigenvalue weighted by Gasteiger charge is 2.27. The molecule has 0 amide bonds. The maximum Gasteiger partial charge on any atom is 0.406 e. The van der Waals surface area contributed by atoms with Gasteiger partial charge in [-0.1, -0.05) is 0 Å². The Labute approximate surface area is 71.7 Å². The number of nitrogens with zero attached hydrogens (tertiary/aromatic N) is 2. The third-order valence-corrected chi connectivity index (χ3v) is 1.27. The normalized spacial score (nSPS) is 11.6. The van der Waals surface area contributed by atoms with E-state index >= 15 is 0 Å². The average Bonchev–Trinajstić information content (AvgIpc) is 2.31. The van der Waals surface area contributed by atoms with Gasteiger partial charge in [0.2, 0.25) is 0 Å². The Morgan fingerprint density at radius 3 is 2.62 bits per heavy atom. The molecule has 1 aromatic heterocycles. The molecule has 1 aromatic rings. The van der Waals surface area contributed by atoms with Crippen molar-refractivity contribution < 1.29 is 13.2 Å². The quantitative estimate of drug-likeness (QED) is 0.535. The van der Waals surface area contributed by atoms with Gasteiger partial charge in [-0.15, -0.1) is 0 Å². The van der Waals surface area contributed by atoms with E-state index in [1.165, 1.54) is 0 Å². The zero-order chi connectivity index (χ0) is 10.1. The molecule has 1 rings (SSSR count). The molecule has 0 aliphatic heterocycles. The predicted octanol–water partition coefficient (Wildman–Crippen LogP) is 0.729. The highest BCUT2D eigenvalue weighted by molar-refractivity contribution is 5.92. The Bertz CT molecular complexity index is 314. The molecule has 4 nitrogen and oxygen atoms in total. The number of aromatic nitrogens is 2. The van der Waals surface area contributed by atoms with Crippen molar-refractivity contribution in [2.75, 3.05) is 0 Å². The molecule has 0 atom stereocenters. The van der Waals surface area contributed by atoms with Crippen LogP contribution >= 0.6 is 0 Å². The third kappa shape index (κ3) is 2.77.